The Labute approximate surface area is 158 Å². The smallest absolute Gasteiger partial charge is 0.315 e. The van der Waals surface area contributed by atoms with Crippen LogP contribution in [-0.4, -0.2) is 48.9 Å². The maximum atomic E-state index is 12.8. The summed E-state index contributed by atoms with van der Waals surface area (Å²) in [6, 6.07) is 5.34. The Kier molecular flexibility index (Phi) is 8.03. The molecule has 0 radical (unpaired) electrons. The van der Waals surface area contributed by atoms with Crippen molar-refractivity contribution < 1.29 is 18.8 Å². The molecule has 0 bridgehead atoms. The first-order chi connectivity index (χ1) is 12.9. The summed E-state index contributed by atoms with van der Waals surface area (Å²) in [6.07, 6.45) is 5.59. The van der Waals surface area contributed by atoms with Crippen LogP contribution in [0.15, 0.2) is 24.3 Å². The highest BCUT2D eigenvalue weighted by molar-refractivity contribution is 5.94. The predicted octanol–water partition coefficient (Wildman–Crippen LogP) is 2.24. The van der Waals surface area contributed by atoms with Crippen molar-refractivity contribution in [3.05, 3.63) is 30.1 Å². The number of hydrogen-bond donors (Lipinski definition) is 3. The van der Waals surface area contributed by atoms with E-state index in [2.05, 4.69) is 16.0 Å². The van der Waals surface area contributed by atoms with Gasteiger partial charge in [0.05, 0.1) is 6.54 Å². The van der Waals surface area contributed by atoms with Gasteiger partial charge >= 0.3 is 6.03 Å². The van der Waals surface area contributed by atoms with E-state index >= 15 is 0 Å². The van der Waals surface area contributed by atoms with Gasteiger partial charge in [0.1, 0.15) is 5.82 Å². The zero-order valence-corrected chi connectivity index (χ0v) is 15.6. The molecule has 0 unspecified atom stereocenters. The number of urea groups is 1. The molecule has 1 aromatic carbocycles. The van der Waals surface area contributed by atoms with Gasteiger partial charge < -0.3 is 20.9 Å². The second kappa shape index (κ2) is 10.5. The number of carbonyl (C=O) groups excluding carboxylic acids is 3. The van der Waals surface area contributed by atoms with Crippen LogP contribution >= 0.6 is 0 Å². The zero-order chi connectivity index (χ0) is 19.6. The van der Waals surface area contributed by atoms with Crippen LogP contribution in [0.3, 0.4) is 0 Å². The lowest BCUT2D eigenvalue weighted by atomic mass is 9.96. The Morgan fingerprint density at radius 2 is 1.78 bits per heavy atom. The quantitative estimate of drug-likeness (QED) is 0.680. The molecule has 27 heavy (non-hydrogen) atoms. The van der Waals surface area contributed by atoms with Gasteiger partial charge in [-0.3, -0.25) is 9.59 Å². The summed E-state index contributed by atoms with van der Waals surface area (Å²) in [7, 11) is 1.52. The van der Waals surface area contributed by atoms with Crippen molar-refractivity contribution in [1.82, 2.24) is 15.5 Å². The lowest BCUT2D eigenvalue weighted by molar-refractivity contribution is -0.133. The minimum Gasteiger partial charge on any atom is -0.338 e. The van der Waals surface area contributed by atoms with E-state index in [1.165, 1.54) is 42.6 Å². The van der Waals surface area contributed by atoms with Gasteiger partial charge in [0.2, 0.25) is 11.8 Å². The Hall–Kier alpha value is -2.64. The average molecular weight is 378 g/mol. The second-order valence-electron chi connectivity index (χ2n) is 6.79. The number of halogens is 1. The topological polar surface area (TPSA) is 90.5 Å². The Morgan fingerprint density at radius 3 is 2.44 bits per heavy atom. The molecule has 1 aliphatic rings. The molecule has 0 heterocycles. The molecule has 7 nitrogen and oxygen atoms in total. The van der Waals surface area contributed by atoms with Gasteiger partial charge in [0.15, 0.2) is 0 Å². The molecule has 1 aliphatic carbocycles. The number of nitrogens with zero attached hydrogens (tertiary/aromatic N) is 1. The van der Waals surface area contributed by atoms with Gasteiger partial charge in [-0.15, -0.1) is 0 Å². The van der Waals surface area contributed by atoms with Gasteiger partial charge in [0.25, 0.3) is 0 Å². The predicted molar refractivity (Wildman–Crippen MR) is 101 cm³/mol. The number of hydrogen-bond acceptors (Lipinski definition) is 3. The molecular formula is C19H27FN4O3. The molecule has 0 atom stereocenters. The van der Waals surface area contributed by atoms with Gasteiger partial charge in [0, 0.05) is 31.7 Å². The van der Waals surface area contributed by atoms with Crippen LogP contribution < -0.4 is 16.0 Å². The molecule has 0 spiro atoms. The highest BCUT2D eigenvalue weighted by Crippen LogP contribution is 2.17. The molecule has 2 rings (SSSR count). The summed E-state index contributed by atoms with van der Waals surface area (Å²) >= 11 is 0. The number of rotatable bonds is 7. The third-order valence-electron chi connectivity index (χ3n) is 4.50. The molecule has 1 saturated carbocycles. The average Bonchev–Trinajstić information content (AvgIpc) is 2.64. The summed E-state index contributed by atoms with van der Waals surface area (Å²) in [5, 5.41) is 8.20. The monoisotopic (exact) mass is 378 g/mol. The first-order valence-corrected chi connectivity index (χ1v) is 9.28. The van der Waals surface area contributed by atoms with E-state index in [4.69, 9.17) is 0 Å². The highest BCUT2D eigenvalue weighted by Gasteiger charge is 2.16. The van der Waals surface area contributed by atoms with E-state index in [9.17, 15) is 18.8 Å². The molecule has 1 fully saturated rings. The Bertz CT molecular complexity index is 645. The first-order valence-electron chi connectivity index (χ1n) is 9.28. The summed E-state index contributed by atoms with van der Waals surface area (Å²) in [5.41, 5.74) is 0.461. The molecule has 0 saturated heterocycles. The molecule has 1 aromatic rings. The van der Waals surface area contributed by atoms with E-state index in [0.717, 1.165) is 25.7 Å². The van der Waals surface area contributed by atoms with Crippen molar-refractivity contribution in [2.24, 2.45) is 0 Å². The highest BCUT2D eigenvalue weighted by atomic mass is 19.1. The number of nitrogens with one attached hydrogen (secondary N) is 3. The van der Waals surface area contributed by atoms with Crippen molar-refractivity contribution in [3.63, 3.8) is 0 Å². The molecule has 0 aromatic heterocycles. The second-order valence-corrected chi connectivity index (χ2v) is 6.79. The minimum absolute atomic E-state index is 0.110. The normalized spacial score (nSPS) is 14.3. The van der Waals surface area contributed by atoms with Crippen LogP contribution in [0.2, 0.25) is 0 Å². The first kappa shape index (κ1) is 20.7. The zero-order valence-electron chi connectivity index (χ0n) is 15.6. The van der Waals surface area contributed by atoms with E-state index in [-0.39, 0.29) is 49.2 Å². The van der Waals surface area contributed by atoms with Crippen molar-refractivity contribution in [1.29, 1.82) is 0 Å². The van der Waals surface area contributed by atoms with Crippen LogP contribution in [0.4, 0.5) is 14.9 Å². The lowest BCUT2D eigenvalue weighted by Crippen LogP contribution is -2.44. The van der Waals surface area contributed by atoms with Crippen molar-refractivity contribution in [2.45, 2.75) is 44.6 Å². The summed E-state index contributed by atoms with van der Waals surface area (Å²) in [5.74, 6) is -1.01. The maximum Gasteiger partial charge on any atom is 0.315 e. The summed E-state index contributed by atoms with van der Waals surface area (Å²) in [4.78, 5) is 37.1. The maximum absolute atomic E-state index is 12.8. The molecule has 3 N–H and O–H groups in total. The van der Waals surface area contributed by atoms with Crippen LogP contribution in [0.1, 0.15) is 38.5 Å². The van der Waals surface area contributed by atoms with E-state index in [1.807, 2.05) is 0 Å². The van der Waals surface area contributed by atoms with Gasteiger partial charge in [-0.2, -0.15) is 0 Å². The Balaban J connectivity index is 1.63. The van der Waals surface area contributed by atoms with Crippen molar-refractivity contribution in [3.8, 4) is 0 Å². The van der Waals surface area contributed by atoms with Crippen LogP contribution in [0.5, 0.6) is 0 Å². The van der Waals surface area contributed by atoms with E-state index in [1.54, 1.807) is 0 Å². The molecule has 148 valence electrons. The third-order valence-corrected chi connectivity index (χ3v) is 4.50. The number of anilines is 1. The van der Waals surface area contributed by atoms with Crippen LogP contribution in [0.25, 0.3) is 0 Å². The number of likely N-dealkylation sites (N-methyl/N-ethyl adjacent to an activating group) is 1. The molecule has 0 aliphatic heterocycles. The van der Waals surface area contributed by atoms with Crippen molar-refractivity contribution in [2.75, 3.05) is 25.5 Å². The summed E-state index contributed by atoms with van der Waals surface area (Å²) < 4.78 is 12.8. The molecule has 8 heteroatoms. The minimum atomic E-state index is -0.389. The fraction of sp³-hybridized carbons (Fsp3) is 0.526. The number of carbonyl (C=O) groups is 3. The molecule has 4 amide bonds. The number of benzene rings is 1. The standard InChI is InChI=1S/C19H27FN4O3/c1-24(13-17(25)22-16-9-7-14(20)8-10-16)18(26)11-12-21-19(27)23-15-5-3-2-4-6-15/h7-10,15H,2-6,11-13H2,1H3,(H,22,25)(H2,21,23,27). The molecular weight excluding hydrogens is 351 g/mol. The van der Waals surface area contributed by atoms with Gasteiger partial charge in [-0.1, -0.05) is 19.3 Å². The fourth-order valence-electron chi connectivity index (χ4n) is 2.99. The van der Waals surface area contributed by atoms with Crippen molar-refractivity contribution >= 4 is 23.5 Å². The largest absolute Gasteiger partial charge is 0.338 e. The van der Waals surface area contributed by atoms with Gasteiger partial charge in [-0.05, 0) is 37.1 Å². The van der Waals surface area contributed by atoms with E-state index in [0.29, 0.717) is 5.69 Å². The lowest BCUT2D eigenvalue weighted by Gasteiger charge is -2.23. The Morgan fingerprint density at radius 1 is 1.11 bits per heavy atom. The van der Waals surface area contributed by atoms with Gasteiger partial charge in [-0.25, -0.2) is 9.18 Å². The summed E-state index contributed by atoms with van der Waals surface area (Å²) in [6.45, 7) is 0.0891. The number of amides is 4. The van der Waals surface area contributed by atoms with E-state index < -0.39 is 0 Å². The fourth-order valence-corrected chi connectivity index (χ4v) is 2.99. The third kappa shape index (κ3) is 7.64. The van der Waals surface area contributed by atoms with Crippen LogP contribution in [-0.2, 0) is 9.59 Å². The SMILES string of the molecule is CN(CC(=O)Nc1ccc(F)cc1)C(=O)CCNC(=O)NC1CCCCC1. The van der Waals surface area contributed by atoms with Crippen LogP contribution in [0, 0.1) is 5.82 Å².